The predicted octanol–water partition coefficient (Wildman–Crippen LogP) is 4.94. The second kappa shape index (κ2) is 6.66. The Morgan fingerprint density at radius 2 is 2.16 bits per heavy atom. The number of hydrogen-bond acceptors (Lipinski definition) is 3. The molecule has 0 bridgehead atoms. The molecule has 0 aliphatic carbocycles. The van der Waals surface area contributed by atoms with Crippen LogP contribution in [0.2, 0.25) is 5.02 Å². The molecular formula is C19H19Cl2FN2S. The zero-order chi connectivity index (χ0) is 16.3. The van der Waals surface area contributed by atoms with Crippen molar-refractivity contribution >= 4 is 41.5 Å². The van der Waals surface area contributed by atoms with Crippen LogP contribution < -0.4 is 10.2 Å². The highest BCUT2D eigenvalue weighted by molar-refractivity contribution is 7.99. The van der Waals surface area contributed by atoms with Crippen LogP contribution in [0.4, 0.5) is 10.1 Å². The highest BCUT2D eigenvalue weighted by Crippen LogP contribution is 2.52. The first-order valence-electron chi connectivity index (χ1n) is 8.46. The van der Waals surface area contributed by atoms with Gasteiger partial charge in [0.05, 0.1) is 10.7 Å². The van der Waals surface area contributed by atoms with Crippen LogP contribution in [0.25, 0.3) is 11.1 Å². The summed E-state index contributed by atoms with van der Waals surface area (Å²) in [6.45, 7) is 3.21. The van der Waals surface area contributed by atoms with E-state index in [1.54, 1.807) is 12.1 Å². The third kappa shape index (κ3) is 2.66. The number of benzene rings is 2. The summed E-state index contributed by atoms with van der Waals surface area (Å²) in [7, 11) is 0. The summed E-state index contributed by atoms with van der Waals surface area (Å²) in [5, 5.41) is 4.01. The zero-order valence-corrected chi connectivity index (χ0v) is 16.0. The number of halogens is 3. The fourth-order valence-corrected chi connectivity index (χ4v) is 5.84. The van der Waals surface area contributed by atoms with Crippen molar-refractivity contribution in [2.75, 3.05) is 30.3 Å². The Morgan fingerprint density at radius 1 is 1.28 bits per heavy atom. The van der Waals surface area contributed by atoms with E-state index in [1.807, 2.05) is 11.8 Å². The lowest BCUT2D eigenvalue weighted by Gasteiger charge is -2.36. The summed E-state index contributed by atoms with van der Waals surface area (Å²) in [6.07, 6.45) is 1.18. The summed E-state index contributed by atoms with van der Waals surface area (Å²) in [6, 6.07) is 9.82. The van der Waals surface area contributed by atoms with E-state index < -0.39 is 0 Å². The first-order valence-corrected chi connectivity index (χ1v) is 9.83. The lowest BCUT2D eigenvalue weighted by Crippen LogP contribution is -2.45. The van der Waals surface area contributed by atoms with Gasteiger partial charge in [-0.25, -0.2) is 4.39 Å². The summed E-state index contributed by atoms with van der Waals surface area (Å²) in [4.78, 5) is 3.88. The van der Waals surface area contributed by atoms with E-state index in [9.17, 15) is 4.39 Å². The fraction of sp³-hybridized carbons (Fsp3) is 0.368. The zero-order valence-electron chi connectivity index (χ0n) is 13.6. The third-order valence-corrected chi connectivity index (χ3v) is 6.80. The SMILES string of the molecule is Cl.Fc1cccc(Cl)c1-c1cc2c3c(c1)[C@@H]1CNCC[C@@H]1N3CCS2. The molecule has 0 spiro atoms. The largest absolute Gasteiger partial charge is 0.366 e. The molecule has 2 nitrogen and oxygen atoms in total. The minimum Gasteiger partial charge on any atom is -0.366 e. The van der Waals surface area contributed by atoms with Gasteiger partial charge in [0.2, 0.25) is 0 Å². The summed E-state index contributed by atoms with van der Waals surface area (Å²) < 4.78 is 14.4. The smallest absolute Gasteiger partial charge is 0.132 e. The Bertz CT molecular complexity index is 809. The molecule has 3 aliphatic heterocycles. The van der Waals surface area contributed by atoms with Gasteiger partial charge in [0.25, 0.3) is 0 Å². The molecule has 5 rings (SSSR count). The molecule has 25 heavy (non-hydrogen) atoms. The maximum atomic E-state index is 14.4. The molecule has 6 heteroatoms. The Hall–Kier alpha value is -0.940. The topological polar surface area (TPSA) is 15.3 Å². The molecular weight excluding hydrogens is 378 g/mol. The van der Waals surface area contributed by atoms with Crippen LogP contribution in [-0.4, -0.2) is 31.4 Å². The number of thioether (sulfide) groups is 1. The van der Waals surface area contributed by atoms with Crippen LogP contribution in [0.3, 0.4) is 0 Å². The molecule has 0 amide bonds. The second-order valence-corrected chi connectivity index (χ2v) is 8.26. The van der Waals surface area contributed by atoms with E-state index in [2.05, 4.69) is 22.3 Å². The van der Waals surface area contributed by atoms with Gasteiger partial charge < -0.3 is 10.2 Å². The molecule has 3 aliphatic rings. The van der Waals surface area contributed by atoms with Gasteiger partial charge in [-0.2, -0.15) is 0 Å². The molecule has 0 unspecified atom stereocenters. The van der Waals surface area contributed by atoms with Crippen molar-refractivity contribution in [3.63, 3.8) is 0 Å². The molecule has 2 aromatic rings. The van der Waals surface area contributed by atoms with Crippen molar-refractivity contribution in [2.45, 2.75) is 23.3 Å². The number of hydrogen-bond donors (Lipinski definition) is 1. The lowest BCUT2D eigenvalue weighted by molar-refractivity contribution is 0.406. The number of nitrogens with one attached hydrogen (secondary N) is 1. The van der Waals surface area contributed by atoms with Crippen molar-refractivity contribution in [2.24, 2.45) is 0 Å². The average Bonchev–Trinajstić information content (AvgIpc) is 2.91. The predicted molar refractivity (Wildman–Crippen MR) is 106 cm³/mol. The molecule has 0 saturated carbocycles. The van der Waals surface area contributed by atoms with Crippen molar-refractivity contribution in [3.8, 4) is 11.1 Å². The van der Waals surface area contributed by atoms with E-state index in [4.69, 9.17) is 11.6 Å². The van der Waals surface area contributed by atoms with Gasteiger partial charge in [-0.15, -0.1) is 24.2 Å². The van der Waals surface area contributed by atoms with Gasteiger partial charge in [0, 0.05) is 41.3 Å². The van der Waals surface area contributed by atoms with Crippen molar-refractivity contribution in [1.82, 2.24) is 5.32 Å². The second-order valence-electron chi connectivity index (χ2n) is 6.72. The maximum absolute atomic E-state index is 14.4. The Kier molecular flexibility index (Phi) is 4.65. The third-order valence-electron chi connectivity index (χ3n) is 5.48. The molecule has 132 valence electrons. The Morgan fingerprint density at radius 3 is 3.00 bits per heavy atom. The van der Waals surface area contributed by atoms with Crippen molar-refractivity contribution in [1.29, 1.82) is 0 Å². The van der Waals surface area contributed by atoms with Crippen LogP contribution in [0, 0.1) is 5.82 Å². The number of anilines is 1. The van der Waals surface area contributed by atoms with E-state index in [-0.39, 0.29) is 18.2 Å². The van der Waals surface area contributed by atoms with E-state index in [1.165, 1.54) is 28.6 Å². The van der Waals surface area contributed by atoms with Crippen molar-refractivity contribution in [3.05, 3.63) is 46.7 Å². The van der Waals surface area contributed by atoms with E-state index in [0.717, 1.165) is 31.0 Å². The normalized spacial score (nSPS) is 23.7. The quantitative estimate of drug-likeness (QED) is 0.734. The molecule has 0 aromatic heterocycles. The van der Waals surface area contributed by atoms with Crippen LogP contribution in [-0.2, 0) is 0 Å². The summed E-state index contributed by atoms with van der Waals surface area (Å²) in [5.74, 6) is 1.35. The summed E-state index contributed by atoms with van der Waals surface area (Å²) >= 11 is 8.21. The van der Waals surface area contributed by atoms with E-state index in [0.29, 0.717) is 22.5 Å². The maximum Gasteiger partial charge on any atom is 0.132 e. The first kappa shape index (κ1) is 17.5. The van der Waals surface area contributed by atoms with Gasteiger partial charge in [-0.3, -0.25) is 0 Å². The minimum absolute atomic E-state index is 0. The highest BCUT2D eigenvalue weighted by atomic mass is 35.5. The summed E-state index contributed by atoms with van der Waals surface area (Å²) in [5.41, 5.74) is 4.20. The molecule has 1 N–H and O–H groups in total. The van der Waals surface area contributed by atoms with Gasteiger partial charge >= 0.3 is 0 Å². The minimum atomic E-state index is -0.247. The fourth-order valence-electron chi connectivity index (χ4n) is 4.48. The van der Waals surface area contributed by atoms with E-state index >= 15 is 0 Å². The average molecular weight is 397 g/mol. The first-order chi connectivity index (χ1) is 11.7. The molecule has 1 saturated heterocycles. The lowest BCUT2D eigenvalue weighted by atomic mass is 9.88. The van der Waals surface area contributed by atoms with Crippen LogP contribution in [0.5, 0.6) is 0 Å². The number of rotatable bonds is 1. The van der Waals surface area contributed by atoms with Gasteiger partial charge in [0.15, 0.2) is 0 Å². The van der Waals surface area contributed by atoms with Crippen LogP contribution in [0.1, 0.15) is 17.9 Å². The van der Waals surface area contributed by atoms with Crippen LogP contribution in [0.15, 0.2) is 35.2 Å². The number of nitrogens with zero attached hydrogens (tertiary/aromatic N) is 1. The number of piperidine rings is 1. The standard InChI is InChI=1S/C19H18ClFN2S.ClH/c20-14-2-1-3-15(21)18(14)11-8-12-13-10-22-5-4-16(13)23-6-7-24-17(9-11)19(12)23;/h1-3,8-9,13,16,22H,4-7,10H2;1H/t13-,16-;/m0./s1. The molecule has 2 aromatic carbocycles. The van der Waals surface area contributed by atoms with Gasteiger partial charge in [0.1, 0.15) is 5.82 Å². The molecule has 0 radical (unpaired) electrons. The van der Waals surface area contributed by atoms with Gasteiger partial charge in [-0.05, 0) is 48.4 Å². The number of fused-ring (bicyclic) bond motifs is 3. The molecule has 3 heterocycles. The molecule has 2 atom stereocenters. The monoisotopic (exact) mass is 396 g/mol. The Labute approximate surface area is 162 Å². The van der Waals surface area contributed by atoms with Gasteiger partial charge in [-0.1, -0.05) is 17.7 Å². The van der Waals surface area contributed by atoms with Crippen LogP contribution >= 0.6 is 35.8 Å². The highest BCUT2D eigenvalue weighted by Gasteiger charge is 2.42. The van der Waals surface area contributed by atoms with Crippen molar-refractivity contribution < 1.29 is 4.39 Å². The molecule has 1 fully saturated rings. The Balaban J connectivity index is 0.00000157.